The summed E-state index contributed by atoms with van der Waals surface area (Å²) < 4.78 is 29.5. The summed E-state index contributed by atoms with van der Waals surface area (Å²) in [4.78, 5) is 30.6. The van der Waals surface area contributed by atoms with Crippen LogP contribution in [0.5, 0.6) is 0 Å². The van der Waals surface area contributed by atoms with E-state index in [1.807, 2.05) is 0 Å². The summed E-state index contributed by atoms with van der Waals surface area (Å²) in [6.45, 7) is 0. The number of carbonyl (C=O) groups is 3. The number of hydrogen-bond donors (Lipinski definition) is 2. The molecule has 0 rings (SSSR count). The van der Waals surface area contributed by atoms with Gasteiger partial charge >= 0.3 is 50.5 Å². The number of alkyl halides is 2. The summed E-state index contributed by atoms with van der Waals surface area (Å²) in [5, 5.41) is 16.0. The van der Waals surface area contributed by atoms with Crippen molar-refractivity contribution < 1.29 is 62.9 Å². The second kappa shape index (κ2) is 7.36. The van der Waals surface area contributed by atoms with E-state index in [9.17, 15) is 23.2 Å². The van der Waals surface area contributed by atoms with Gasteiger partial charge in [0.25, 0.3) is 0 Å². The van der Waals surface area contributed by atoms with Gasteiger partial charge in [0.1, 0.15) is 0 Å². The van der Waals surface area contributed by atoms with E-state index in [1.165, 1.54) is 0 Å². The molecule has 0 amide bonds. The number of esters is 2. The summed E-state index contributed by atoms with van der Waals surface area (Å²) in [5.74, 6) is -6.28. The van der Waals surface area contributed by atoms with E-state index in [0.717, 1.165) is 0 Å². The van der Waals surface area contributed by atoms with Crippen LogP contribution < -0.4 is 18.9 Å². The Kier molecular flexibility index (Phi) is 8.08. The van der Waals surface area contributed by atoms with Crippen molar-refractivity contribution in [2.75, 3.05) is 0 Å². The molecule has 0 spiro atoms. The van der Waals surface area contributed by atoms with Gasteiger partial charge in [-0.1, -0.05) is 0 Å². The quantitative estimate of drug-likeness (QED) is 0.207. The first-order valence-electron chi connectivity index (χ1n) is 2.95. The monoisotopic (exact) mass is 220 g/mol. The number of rotatable bonds is 2. The van der Waals surface area contributed by atoms with E-state index >= 15 is 0 Å². The fourth-order valence-electron chi connectivity index (χ4n) is 0.321. The van der Waals surface area contributed by atoms with Gasteiger partial charge in [0, 0.05) is 0 Å². The van der Waals surface area contributed by atoms with Crippen molar-refractivity contribution in [3.8, 4) is 0 Å². The van der Waals surface area contributed by atoms with Crippen molar-refractivity contribution in [1.82, 2.24) is 0 Å². The molecule has 0 aliphatic heterocycles. The summed E-state index contributed by atoms with van der Waals surface area (Å²) in [6, 6.07) is 0. The normalized spacial score (nSPS) is 8.87. The van der Waals surface area contributed by atoms with Crippen molar-refractivity contribution in [2.45, 2.75) is 6.43 Å². The molecule has 0 aliphatic rings. The Bertz CT molecular complexity index is 263. The molecule has 2 N–H and O–H groups in total. The third-order valence-electron chi connectivity index (χ3n) is 0.751. The van der Waals surface area contributed by atoms with Crippen LogP contribution in [0.4, 0.5) is 8.78 Å². The Balaban J connectivity index is -0.000000845. The molecule has 0 aromatic heterocycles. The molecule has 0 aromatic carbocycles. The average Bonchev–Trinajstić information content (AvgIpc) is 2.02. The van der Waals surface area contributed by atoms with Crippen LogP contribution in [0.3, 0.4) is 0 Å². The van der Waals surface area contributed by atoms with Crippen molar-refractivity contribution in [1.29, 1.82) is 0 Å². The van der Waals surface area contributed by atoms with E-state index in [0.29, 0.717) is 0 Å². The van der Waals surface area contributed by atoms with E-state index in [4.69, 9.17) is 10.0 Å². The molecule has 0 fully saturated rings. The third kappa shape index (κ3) is 7.04. The Morgan fingerprint density at radius 3 is 2.00 bits per heavy atom. The van der Waals surface area contributed by atoms with Crippen LogP contribution in [0, 0.1) is 0 Å². The number of halogens is 2. The molecule has 0 saturated heterocycles. The number of carbonyl (C=O) groups excluding carboxylic acids is 3. The van der Waals surface area contributed by atoms with Crippen LogP contribution in [0.15, 0.2) is 0 Å². The maximum Gasteiger partial charge on any atom is 1.00 e. The minimum Gasteiger partial charge on any atom is -1.00 e. The second-order valence-corrected chi connectivity index (χ2v) is 1.74. The molecule has 11 heteroatoms. The molecular formula is C4H4BF2LiO7. The Hall–Kier alpha value is -0.948. The van der Waals surface area contributed by atoms with E-state index in [1.54, 1.807) is 0 Å². The average molecular weight is 220 g/mol. The maximum absolute atomic E-state index is 11.4. The van der Waals surface area contributed by atoms with Crippen LogP contribution >= 0.6 is 0 Å². The summed E-state index contributed by atoms with van der Waals surface area (Å²) >= 11 is 0. The van der Waals surface area contributed by atoms with Crippen LogP contribution in [0.1, 0.15) is 1.43 Å². The second-order valence-electron chi connectivity index (χ2n) is 1.74. The zero-order chi connectivity index (χ0) is 11.3. The van der Waals surface area contributed by atoms with E-state index in [2.05, 4.69) is 9.39 Å². The summed E-state index contributed by atoms with van der Waals surface area (Å²) in [6.07, 6.45) is -3.58. The first-order valence-corrected chi connectivity index (χ1v) is 2.95. The minimum absolute atomic E-state index is 0. The van der Waals surface area contributed by atoms with Crippen LogP contribution in [-0.2, 0) is 23.8 Å². The van der Waals surface area contributed by atoms with Crippen molar-refractivity contribution in [2.24, 2.45) is 0 Å². The molecule has 0 aliphatic carbocycles. The molecule has 0 radical (unpaired) electrons. The van der Waals surface area contributed by atoms with Gasteiger partial charge in [-0.05, 0) is 0 Å². The molecule has 7 nitrogen and oxygen atoms in total. The largest absolute Gasteiger partial charge is 1.00 e. The molecule has 0 aromatic rings. The summed E-state index contributed by atoms with van der Waals surface area (Å²) in [7, 11) is -2.60. The standard InChI is InChI=1S/C4H3BF2O7.Li.H/c6-1(7)2(8)13-3(9)4(10)14-5(11)12;;/h1,11-12H;;/q;+1;-1. The van der Waals surface area contributed by atoms with Gasteiger partial charge in [0.05, 0.1) is 0 Å². The van der Waals surface area contributed by atoms with Gasteiger partial charge in [-0.2, -0.15) is 8.78 Å². The number of hydrogen-bond acceptors (Lipinski definition) is 7. The molecule has 0 bridgehead atoms. The van der Waals surface area contributed by atoms with Gasteiger partial charge in [-0.3, -0.25) is 0 Å². The van der Waals surface area contributed by atoms with Crippen LogP contribution in [0.2, 0.25) is 0 Å². The fourth-order valence-corrected chi connectivity index (χ4v) is 0.321. The third-order valence-corrected chi connectivity index (χ3v) is 0.751. The molecule has 80 valence electrons. The van der Waals surface area contributed by atoms with Gasteiger partial charge in [0.15, 0.2) is 0 Å². The zero-order valence-corrected chi connectivity index (χ0v) is 7.35. The van der Waals surface area contributed by atoms with Crippen molar-refractivity contribution in [3.05, 3.63) is 0 Å². The molecule has 0 atom stereocenters. The predicted molar refractivity (Wildman–Crippen MR) is 34.5 cm³/mol. The number of ether oxygens (including phenoxy) is 1. The van der Waals surface area contributed by atoms with Gasteiger partial charge in [-0.15, -0.1) is 0 Å². The Morgan fingerprint density at radius 1 is 1.20 bits per heavy atom. The van der Waals surface area contributed by atoms with Gasteiger partial charge in [-0.25, -0.2) is 14.4 Å². The molecule has 15 heavy (non-hydrogen) atoms. The van der Waals surface area contributed by atoms with Crippen molar-refractivity contribution in [3.63, 3.8) is 0 Å². The van der Waals surface area contributed by atoms with E-state index in [-0.39, 0.29) is 20.3 Å². The fraction of sp³-hybridized carbons (Fsp3) is 0.250. The first-order chi connectivity index (χ1) is 6.34. The van der Waals surface area contributed by atoms with Gasteiger partial charge in [0.2, 0.25) is 0 Å². The summed E-state index contributed by atoms with van der Waals surface area (Å²) in [5.41, 5.74) is 0. The smallest absolute Gasteiger partial charge is 1.00 e. The van der Waals surface area contributed by atoms with Gasteiger partial charge < -0.3 is 20.9 Å². The topological polar surface area (TPSA) is 110 Å². The molecule has 0 saturated carbocycles. The Morgan fingerprint density at radius 2 is 1.67 bits per heavy atom. The van der Waals surface area contributed by atoms with Crippen molar-refractivity contribution >= 4 is 25.2 Å². The minimum atomic E-state index is -3.58. The SMILES string of the molecule is O=C(OB(O)O)C(=O)OC(=O)C(F)F.[H-].[Li+]. The molecular weight excluding hydrogens is 216 g/mol. The Labute approximate surface area is 95.2 Å². The van der Waals surface area contributed by atoms with Crippen LogP contribution in [0.25, 0.3) is 0 Å². The van der Waals surface area contributed by atoms with E-state index < -0.39 is 31.7 Å². The first kappa shape index (κ1) is 16.5. The predicted octanol–water partition coefficient (Wildman–Crippen LogP) is -5.05. The van der Waals surface area contributed by atoms with Crippen LogP contribution in [-0.4, -0.2) is 41.7 Å². The zero-order valence-electron chi connectivity index (χ0n) is 8.35. The maximum atomic E-state index is 11.4. The molecule has 0 heterocycles. The molecule has 0 unspecified atom stereocenters.